The van der Waals surface area contributed by atoms with E-state index in [0.29, 0.717) is 0 Å². The Balaban J connectivity index is 2.57. The largest absolute Gasteiger partial charge is 0.298 e. The molecule has 0 saturated heterocycles. The van der Waals surface area contributed by atoms with Gasteiger partial charge in [-0.2, -0.15) is 0 Å². The summed E-state index contributed by atoms with van der Waals surface area (Å²) in [7, 11) is -3.43. The minimum Gasteiger partial charge on any atom is -0.298 e. The van der Waals surface area contributed by atoms with Gasteiger partial charge < -0.3 is 0 Å². The average Bonchev–Trinajstić information content (AvgIpc) is 2.33. The molecule has 0 aromatic heterocycles. The van der Waals surface area contributed by atoms with E-state index in [4.69, 9.17) is 0 Å². The molecular weight excluding hydrogens is 280 g/mol. The average molecular weight is 295 g/mol. The number of carbonyl (C=O) groups is 1. The van der Waals surface area contributed by atoms with Crippen LogP contribution in [0.5, 0.6) is 0 Å². The van der Waals surface area contributed by atoms with Gasteiger partial charge in [-0.3, -0.25) is 4.79 Å². The molecule has 86 valence electrons. The van der Waals surface area contributed by atoms with Crippen molar-refractivity contribution in [3.05, 3.63) is 0 Å². The van der Waals surface area contributed by atoms with Gasteiger partial charge in [0.15, 0.2) is 5.78 Å². The molecule has 15 heavy (non-hydrogen) atoms. The molecule has 0 aromatic carbocycles. The van der Waals surface area contributed by atoms with Gasteiger partial charge in [0.05, 0.1) is 14.8 Å². The summed E-state index contributed by atoms with van der Waals surface area (Å²) in [6.45, 7) is 5.94. The summed E-state index contributed by atoms with van der Waals surface area (Å²) in [5.74, 6) is -0.125. The smallest absolute Gasteiger partial charge is 0.219 e. The van der Waals surface area contributed by atoms with Gasteiger partial charge in [-0.05, 0) is 24.2 Å². The molecule has 0 spiro atoms. The van der Waals surface area contributed by atoms with Gasteiger partial charge >= 0.3 is 0 Å². The zero-order valence-electron chi connectivity index (χ0n) is 9.08. The van der Waals surface area contributed by atoms with Gasteiger partial charge in [-0.1, -0.05) is 20.8 Å². The number of carbonyl (C=O) groups excluding carboxylic acids is 1. The second-order valence-electron chi connectivity index (χ2n) is 5.46. The monoisotopic (exact) mass is 294 g/mol. The Morgan fingerprint density at radius 2 is 1.87 bits per heavy atom. The molecule has 2 aliphatic carbocycles. The van der Waals surface area contributed by atoms with Crippen LogP contribution in [0.15, 0.2) is 0 Å². The lowest BCUT2D eigenvalue weighted by atomic mass is 9.70. The van der Waals surface area contributed by atoms with Crippen LogP contribution in [-0.2, 0) is 13.1 Å². The molecule has 2 bridgehead atoms. The minimum absolute atomic E-state index is 0.0284. The standard InChI is InChI=1S/C10H15BrO3S/c1-9(2)6-4-5-10(9,3)8(12)7(6)15(11,13)14/h6-7H,4-5H2,1-3H3/t6-,7+,10+/m1/s1. The van der Waals surface area contributed by atoms with E-state index < -0.39 is 18.9 Å². The number of Topliss-reactive ketones (excluding diaryl/α,β-unsaturated/α-hetero) is 1. The fourth-order valence-corrected chi connectivity index (χ4v) is 6.00. The molecule has 3 nitrogen and oxygen atoms in total. The van der Waals surface area contributed by atoms with Gasteiger partial charge in [0.25, 0.3) is 0 Å². The van der Waals surface area contributed by atoms with E-state index in [0.717, 1.165) is 12.8 Å². The van der Waals surface area contributed by atoms with E-state index in [1.54, 1.807) is 0 Å². The quantitative estimate of drug-likeness (QED) is 0.696. The summed E-state index contributed by atoms with van der Waals surface area (Å²) < 4.78 is 23.1. The highest BCUT2D eigenvalue weighted by molar-refractivity contribution is 9.47. The molecule has 0 amide bonds. The summed E-state index contributed by atoms with van der Waals surface area (Å²) in [6.07, 6.45) is 1.66. The first-order valence-electron chi connectivity index (χ1n) is 5.10. The van der Waals surface area contributed by atoms with E-state index in [2.05, 4.69) is 14.8 Å². The van der Waals surface area contributed by atoms with Crippen molar-refractivity contribution < 1.29 is 13.2 Å². The SMILES string of the molecule is CC1(C)[C@@H]2CC[C@@]1(C)C(=O)[C@H]2S(=O)(=O)Br. The second-order valence-corrected chi connectivity index (χ2v) is 9.63. The van der Waals surface area contributed by atoms with Crippen LogP contribution >= 0.6 is 14.8 Å². The Bertz CT molecular complexity index is 426. The van der Waals surface area contributed by atoms with Crippen molar-refractivity contribution in [1.29, 1.82) is 0 Å². The van der Waals surface area contributed by atoms with Crippen LogP contribution in [0.2, 0.25) is 0 Å². The van der Waals surface area contributed by atoms with Crippen molar-refractivity contribution in [2.45, 2.75) is 38.9 Å². The molecule has 0 unspecified atom stereocenters. The van der Waals surface area contributed by atoms with Crippen molar-refractivity contribution in [2.75, 3.05) is 0 Å². The normalized spacial score (nSPS) is 43.6. The number of hydrogen-bond acceptors (Lipinski definition) is 3. The van der Waals surface area contributed by atoms with Gasteiger partial charge in [0, 0.05) is 5.41 Å². The predicted octanol–water partition coefficient (Wildman–Crippen LogP) is 2.10. The zero-order chi connectivity index (χ0) is 11.6. The van der Waals surface area contributed by atoms with Crippen molar-refractivity contribution in [2.24, 2.45) is 16.7 Å². The van der Waals surface area contributed by atoms with E-state index in [1.807, 2.05) is 20.8 Å². The van der Waals surface area contributed by atoms with Crippen molar-refractivity contribution >= 4 is 28.9 Å². The number of rotatable bonds is 1. The zero-order valence-corrected chi connectivity index (χ0v) is 11.5. The van der Waals surface area contributed by atoms with Crippen molar-refractivity contribution in [3.8, 4) is 0 Å². The fraction of sp³-hybridized carbons (Fsp3) is 0.900. The third-order valence-electron chi connectivity index (χ3n) is 4.78. The molecule has 0 radical (unpaired) electrons. The lowest BCUT2D eigenvalue weighted by Gasteiger charge is -2.32. The topological polar surface area (TPSA) is 51.2 Å². The maximum Gasteiger partial charge on any atom is 0.219 e. The Hall–Kier alpha value is 0.1000. The van der Waals surface area contributed by atoms with Gasteiger partial charge in [0.2, 0.25) is 8.27 Å². The molecule has 0 N–H and O–H groups in total. The summed E-state index contributed by atoms with van der Waals surface area (Å²) in [4.78, 5) is 12.1. The Kier molecular flexibility index (Phi) is 2.21. The maximum absolute atomic E-state index is 12.1. The van der Waals surface area contributed by atoms with Crippen molar-refractivity contribution in [3.63, 3.8) is 0 Å². The summed E-state index contributed by atoms with van der Waals surface area (Å²) in [6, 6.07) is 0. The first kappa shape index (κ1) is 11.6. The van der Waals surface area contributed by atoms with Crippen LogP contribution in [0.4, 0.5) is 0 Å². The minimum atomic E-state index is -3.43. The highest BCUT2D eigenvalue weighted by Crippen LogP contribution is 2.65. The molecule has 3 atom stereocenters. The molecule has 2 fully saturated rings. The summed E-state index contributed by atoms with van der Waals surface area (Å²) in [5.41, 5.74) is -0.654. The Morgan fingerprint density at radius 3 is 2.13 bits per heavy atom. The highest BCUT2D eigenvalue weighted by atomic mass is 79.9. The molecular formula is C10H15BrO3S. The number of halogens is 1. The summed E-state index contributed by atoms with van der Waals surface area (Å²) in [5, 5.41) is -0.828. The Morgan fingerprint density at radius 1 is 1.33 bits per heavy atom. The summed E-state index contributed by atoms with van der Waals surface area (Å²) >= 11 is 2.67. The van der Waals surface area contributed by atoms with E-state index in [1.165, 1.54) is 0 Å². The van der Waals surface area contributed by atoms with Crippen LogP contribution in [0.25, 0.3) is 0 Å². The number of hydrogen-bond donors (Lipinski definition) is 0. The van der Waals surface area contributed by atoms with Gasteiger partial charge in [-0.25, -0.2) is 8.42 Å². The molecule has 0 heterocycles. The molecule has 2 rings (SSSR count). The van der Waals surface area contributed by atoms with E-state index in [-0.39, 0.29) is 17.1 Å². The molecule has 2 saturated carbocycles. The lowest BCUT2D eigenvalue weighted by molar-refractivity contribution is -0.127. The first-order chi connectivity index (χ1) is 6.62. The van der Waals surface area contributed by atoms with Crippen LogP contribution in [0.3, 0.4) is 0 Å². The Labute approximate surface area is 97.7 Å². The highest BCUT2D eigenvalue weighted by Gasteiger charge is 2.69. The molecule has 5 heteroatoms. The van der Waals surface area contributed by atoms with E-state index in [9.17, 15) is 13.2 Å². The molecule has 0 aromatic rings. The third kappa shape index (κ3) is 1.22. The van der Waals surface area contributed by atoms with Crippen LogP contribution in [0.1, 0.15) is 33.6 Å². The van der Waals surface area contributed by atoms with Crippen molar-refractivity contribution in [1.82, 2.24) is 0 Å². The molecule has 2 aliphatic rings. The molecule has 0 aliphatic heterocycles. The number of fused-ring (bicyclic) bond motifs is 2. The second kappa shape index (κ2) is 2.86. The van der Waals surface area contributed by atoms with Crippen LogP contribution in [-0.4, -0.2) is 19.5 Å². The van der Waals surface area contributed by atoms with Crippen LogP contribution in [0, 0.1) is 16.7 Å². The van der Waals surface area contributed by atoms with Crippen LogP contribution < -0.4 is 0 Å². The maximum atomic E-state index is 12.1. The third-order valence-corrected chi connectivity index (χ3v) is 7.13. The van der Waals surface area contributed by atoms with Gasteiger partial charge in [-0.15, -0.1) is 0 Å². The first-order valence-corrected chi connectivity index (χ1v) is 8.49. The predicted molar refractivity (Wildman–Crippen MR) is 61.3 cm³/mol. The number of ketones is 1. The van der Waals surface area contributed by atoms with Gasteiger partial charge in [0.1, 0.15) is 5.25 Å². The lowest BCUT2D eigenvalue weighted by Crippen LogP contribution is -2.37. The van der Waals surface area contributed by atoms with E-state index >= 15 is 0 Å². The fourth-order valence-electron chi connectivity index (χ4n) is 3.33.